The molecular formula is C15H18O. The Morgan fingerprint density at radius 2 is 2.00 bits per heavy atom. The number of Topliss-reactive ketones (excluding diaryl/α,β-unsaturated/α-hetero) is 1. The Labute approximate surface area is 96.9 Å². The molecule has 0 N–H and O–H groups in total. The Balaban J connectivity index is 1.88. The van der Waals surface area contributed by atoms with E-state index in [1.165, 1.54) is 5.56 Å². The van der Waals surface area contributed by atoms with Crippen molar-refractivity contribution in [3.8, 4) is 0 Å². The van der Waals surface area contributed by atoms with E-state index >= 15 is 0 Å². The molecule has 0 spiro atoms. The lowest BCUT2D eigenvalue weighted by atomic mass is 9.42. The zero-order valence-corrected chi connectivity index (χ0v) is 9.99. The van der Waals surface area contributed by atoms with E-state index in [4.69, 9.17) is 0 Å². The quantitative estimate of drug-likeness (QED) is 0.699. The summed E-state index contributed by atoms with van der Waals surface area (Å²) in [4.78, 5) is 12.4. The highest BCUT2D eigenvalue weighted by Crippen LogP contribution is 2.65. The van der Waals surface area contributed by atoms with Gasteiger partial charge in [0.15, 0.2) is 5.78 Å². The molecule has 2 bridgehead atoms. The Bertz CT molecular complexity index is 427. The largest absolute Gasteiger partial charge is 0.294 e. The van der Waals surface area contributed by atoms with Crippen molar-refractivity contribution in [1.29, 1.82) is 0 Å². The summed E-state index contributed by atoms with van der Waals surface area (Å²) in [5.41, 5.74) is 2.28. The molecule has 84 valence electrons. The third-order valence-corrected chi connectivity index (χ3v) is 4.34. The molecule has 3 saturated carbocycles. The van der Waals surface area contributed by atoms with Crippen LogP contribution in [0, 0.1) is 11.3 Å². The first-order valence-corrected chi connectivity index (χ1v) is 6.25. The van der Waals surface area contributed by atoms with Gasteiger partial charge in [0.1, 0.15) is 0 Å². The molecule has 0 unspecified atom stereocenters. The smallest absolute Gasteiger partial charge is 0.169 e. The molecule has 4 rings (SSSR count). The number of ketones is 1. The summed E-state index contributed by atoms with van der Waals surface area (Å²) in [5, 5.41) is 0. The van der Waals surface area contributed by atoms with Crippen LogP contribution in [0.5, 0.6) is 0 Å². The topological polar surface area (TPSA) is 17.1 Å². The van der Waals surface area contributed by atoms with E-state index in [1.54, 1.807) is 0 Å². The predicted octanol–water partition coefficient (Wildman–Crippen LogP) is 3.79. The van der Waals surface area contributed by atoms with E-state index in [1.807, 2.05) is 12.1 Å². The molecule has 3 aliphatic carbocycles. The van der Waals surface area contributed by atoms with Gasteiger partial charge in [-0.1, -0.05) is 32.0 Å². The molecule has 3 aliphatic rings. The lowest BCUT2D eigenvalue weighted by molar-refractivity contribution is -0.0707. The highest BCUT2D eigenvalue weighted by atomic mass is 16.1. The average Bonchev–Trinajstić information content (AvgIpc) is 2.13. The molecule has 0 heterocycles. The summed E-state index contributed by atoms with van der Waals surface area (Å²) in [6.07, 6.45) is 3.45. The van der Waals surface area contributed by atoms with Gasteiger partial charge in [-0.05, 0) is 42.7 Å². The maximum Gasteiger partial charge on any atom is 0.169 e. The summed E-state index contributed by atoms with van der Waals surface area (Å²) >= 11 is 0. The van der Waals surface area contributed by atoms with Crippen LogP contribution in [0.3, 0.4) is 0 Å². The van der Waals surface area contributed by atoms with Crippen molar-refractivity contribution < 1.29 is 4.79 Å². The second-order valence-electron chi connectivity index (χ2n) is 5.87. The molecule has 0 saturated heterocycles. The van der Waals surface area contributed by atoms with Gasteiger partial charge in [0.2, 0.25) is 0 Å². The van der Waals surface area contributed by atoms with Crippen LogP contribution in [0.2, 0.25) is 0 Å². The molecule has 0 aliphatic heterocycles. The van der Waals surface area contributed by atoms with Crippen molar-refractivity contribution in [2.45, 2.75) is 39.0 Å². The fourth-order valence-electron chi connectivity index (χ4n) is 3.10. The molecular weight excluding hydrogens is 196 g/mol. The van der Waals surface area contributed by atoms with Gasteiger partial charge in [0, 0.05) is 11.0 Å². The summed E-state index contributed by atoms with van der Waals surface area (Å²) in [7, 11) is 0. The van der Waals surface area contributed by atoms with Crippen molar-refractivity contribution in [2.75, 3.05) is 0 Å². The van der Waals surface area contributed by atoms with Crippen molar-refractivity contribution in [3.05, 3.63) is 35.4 Å². The maximum absolute atomic E-state index is 12.4. The number of benzene rings is 1. The Morgan fingerprint density at radius 1 is 1.31 bits per heavy atom. The van der Waals surface area contributed by atoms with Crippen LogP contribution < -0.4 is 0 Å². The second kappa shape index (κ2) is 3.19. The van der Waals surface area contributed by atoms with Gasteiger partial charge in [-0.15, -0.1) is 0 Å². The molecule has 1 heteroatoms. The highest BCUT2D eigenvalue weighted by molar-refractivity contribution is 6.02. The molecule has 1 nitrogen and oxygen atoms in total. The van der Waals surface area contributed by atoms with Crippen molar-refractivity contribution in [3.63, 3.8) is 0 Å². The van der Waals surface area contributed by atoms with E-state index in [2.05, 4.69) is 26.0 Å². The monoisotopic (exact) mass is 214 g/mol. The third-order valence-electron chi connectivity index (χ3n) is 4.34. The zero-order valence-electron chi connectivity index (χ0n) is 9.99. The van der Waals surface area contributed by atoms with Crippen LogP contribution in [0.4, 0.5) is 0 Å². The molecule has 0 atom stereocenters. The molecule has 0 radical (unpaired) electrons. The first-order valence-electron chi connectivity index (χ1n) is 6.25. The molecule has 0 amide bonds. The SMILES string of the molecule is CC(C)c1cccc(C(=O)C23CC(C2)C3)c1. The van der Waals surface area contributed by atoms with Crippen LogP contribution in [0.15, 0.2) is 24.3 Å². The first-order chi connectivity index (χ1) is 7.61. The molecule has 1 aromatic rings. The van der Waals surface area contributed by atoms with Crippen molar-refractivity contribution in [2.24, 2.45) is 11.3 Å². The van der Waals surface area contributed by atoms with Gasteiger partial charge in [-0.2, -0.15) is 0 Å². The second-order valence-corrected chi connectivity index (χ2v) is 5.87. The van der Waals surface area contributed by atoms with Gasteiger partial charge in [-0.25, -0.2) is 0 Å². The van der Waals surface area contributed by atoms with E-state index in [0.717, 1.165) is 30.7 Å². The normalized spacial score (nSPS) is 30.8. The standard InChI is InChI=1S/C15H18O/c1-10(2)12-4-3-5-13(6-12)14(16)15-7-11(8-15)9-15/h3-6,10-11H,7-9H2,1-2H3. The van der Waals surface area contributed by atoms with Crippen LogP contribution in [0.1, 0.15) is 54.9 Å². The van der Waals surface area contributed by atoms with E-state index in [-0.39, 0.29) is 5.41 Å². The highest BCUT2D eigenvalue weighted by Gasteiger charge is 2.61. The van der Waals surface area contributed by atoms with Gasteiger partial charge in [-0.3, -0.25) is 4.79 Å². The minimum Gasteiger partial charge on any atom is -0.294 e. The molecule has 3 fully saturated rings. The van der Waals surface area contributed by atoms with Crippen LogP contribution in [0.25, 0.3) is 0 Å². The first kappa shape index (κ1) is 10.1. The summed E-state index contributed by atoms with van der Waals surface area (Å²) in [5.74, 6) is 1.77. The minimum absolute atomic E-state index is 0.0697. The lowest BCUT2D eigenvalue weighted by Crippen LogP contribution is -2.56. The van der Waals surface area contributed by atoms with Gasteiger partial charge < -0.3 is 0 Å². The minimum atomic E-state index is 0.0697. The fraction of sp³-hybridized carbons (Fsp3) is 0.533. The van der Waals surface area contributed by atoms with Crippen molar-refractivity contribution >= 4 is 5.78 Å². The molecule has 1 aromatic carbocycles. The molecule has 0 aromatic heterocycles. The lowest BCUT2D eigenvalue weighted by Gasteiger charge is -2.60. The predicted molar refractivity (Wildman–Crippen MR) is 64.6 cm³/mol. The van der Waals surface area contributed by atoms with Gasteiger partial charge in [0.25, 0.3) is 0 Å². The number of rotatable bonds is 3. The fourth-order valence-corrected chi connectivity index (χ4v) is 3.10. The summed E-state index contributed by atoms with van der Waals surface area (Å²) < 4.78 is 0. The third kappa shape index (κ3) is 1.27. The Hall–Kier alpha value is -1.11. The van der Waals surface area contributed by atoms with Crippen LogP contribution >= 0.6 is 0 Å². The Kier molecular flexibility index (Phi) is 2.01. The molecule has 16 heavy (non-hydrogen) atoms. The van der Waals surface area contributed by atoms with Gasteiger partial charge in [0.05, 0.1) is 0 Å². The van der Waals surface area contributed by atoms with Crippen LogP contribution in [-0.2, 0) is 0 Å². The Morgan fingerprint density at radius 3 is 2.50 bits per heavy atom. The zero-order chi connectivity index (χ0) is 11.3. The van der Waals surface area contributed by atoms with Crippen molar-refractivity contribution in [1.82, 2.24) is 0 Å². The van der Waals surface area contributed by atoms with E-state index < -0.39 is 0 Å². The average molecular weight is 214 g/mol. The van der Waals surface area contributed by atoms with Gasteiger partial charge >= 0.3 is 0 Å². The number of hydrogen-bond acceptors (Lipinski definition) is 1. The van der Waals surface area contributed by atoms with Crippen LogP contribution in [-0.4, -0.2) is 5.78 Å². The number of carbonyl (C=O) groups excluding carboxylic acids is 1. The maximum atomic E-state index is 12.4. The summed E-state index contributed by atoms with van der Waals surface area (Å²) in [6.45, 7) is 4.34. The summed E-state index contributed by atoms with van der Waals surface area (Å²) in [6, 6.07) is 8.21. The van der Waals surface area contributed by atoms with E-state index in [0.29, 0.717) is 11.7 Å². The number of hydrogen-bond donors (Lipinski definition) is 0. The van der Waals surface area contributed by atoms with E-state index in [9.17, 15) is 4.79 Å². The number of carbonyl (C=O) groups is 1.